The van der Waals surface area contributed by atoms with E-state index in [2.05, 4.69) is 22.4 Å². The summed E-state index contributed by atoms with van der Waals surface area (Å²) in [4.78, 5) is 0. The monoisotopic (exact) mass is 224 g/mol. The predicted octanol–water partition coefficient (Wildman–Crippen LogP) is 2.08. The molecule has 0 amide bonds. The quantitative estimate of drug-likeness (QED) is 0.800. The van der Waals surface area contributed by atoms with Gasteiger partial charge in [-0.2, -0.15) is 0 Å². The fourth-order valence-electron chi connectivity index (χ4n) is 2.09. The van der Waals surface area contributed by atoms with Crippen molar-refractivity contribution in [3.63, 3.8) is 0 Å². The maximum Gasteiger partial charge on any atom is 0.315 e. The average Bonchev–Trinajstić information content (AvgIpc) is 2.65. The molecule has 3 N–H and O–H groups in total. The van der Waals surface area contributed by atoms with E-state index >= 15 is 0 Å². The van der Waals surface area contributed by atoms with Gasteiger partial charge in [0.15, 0.2) is 0 Å². The highest BCUT2D eigenvalue weighted by molar-refractivity contribution is 5.19. The van der Waals surface area contributed by atoms with Crippen LogP contribution in [0, 0.1) is 5.41 Å². The van der Waals surface area contributed by atoms with Crippen molar-refractivity contribution in [3.05, 3.63) is 5.89 Å². The average molecular weight is 224 g/mol. The van der Waals surface area contributed by atoms with Crippen LogP contribution in [0.4, 0.5) is 6.01 Å². The molecule has 0 spiro atoms. The van der Waals surface area contributed by atoms with Crippen molar-refractivity contribution in [2.75, 3.05) is 11.9 Å². The van der Waals surface area contributed by atoms with Gasteiger partial charge in [0.2, 0.25) is 5.89 Å². The van der Waals surface area contributed by atoms with Gasteiger partial charge < -0.3 is 15.5 Å². The molecule has 1 aliphatic rings. The fraction of sp³-hybridized carbons (Fsp3) is 0.818. The van der Waals surface area contributed by atoms with Crippen LogP contribution in [-0.4, -0.2) is 16.7 Å². The lowest BCUT2D eigenvalue weighted by Gasteiger charge is -2.41. The molecule has 0 aromatic carbocycles. The number of hydrogen-bond donors (Lipinski definition) is 2. The molecule has 0 radical (unpaired) electrons. The van der Waals surface area contributed by atoms with Gasteiger partial charge >= 0.3 is 6.01 Å². The van der Waals surface area contributed by atoms with Gasteiger partial charge in [0.1, 0.15) is 0 Å². The highest BCUT2D eigenvalue weighted by atomic mass is 16.4. The van der Waals surface area contributed by atoms with Crippen LogP contribution in [-0.2, 0) is 0 Å². The molecule has 2 rings (SSSR count). The molecular formula is C11H20N4O. The molecule has 1 unspecified atom stereocenters. The molecule has 5 heteroatoms. The van der Waals surface area contributed by atoms with Crippen molar-refractivity contribution in [3.8, 4) is 0 Å². The van der Waals surface area contributed by atoms with Crippen molar-refractivity contribution in [1.82, 2.24) is 10.2 Å². The lowest BCUT2D eigenvalue weighted by atomic mass is 9.67. The lowest BCUT2D eigenvalue weighted by molar-refractivity contribution is 0.144. The van der Waals surface area contributed by atoms with Crippen molar-refractivity contribution in [2.24, 2.45) is 11.1 Å². The Kier molecular flexibility index (Phi) is 3.14. The molecule has 1 heterocycles. The van der Waals surface area contributed by atoms with Gasteiger partial charge in [0.05, 0.1) is 6.04 Å². The van der Waals surface area contributed by atoms with Crippen LogP contribution < -0.4 is 11.1 Å². The highest BCUT2D eigenvalue weighted by Gasteiger charge is 2.35. The molecule has 90 valence electrons. The number of anilines is 1. The summed E-state index contributed by atoms with van der Waals surface area (Å²) in [6.45, 7) is 4.99. The van der Waals surface area contributed by atoms with Crippen LogP contribution in [0.25, 0.3) is 0 Å². The summed E-state index contributed by atoms with van der Waals surface area (Å²) in [7, 11) is 0. The molecular weight excluding hydrogens is 204 g/mol. The molecule has 16 heavy (non-hydrogen) atoms. The smallest absolute Gasteiger partial charge is 0.315 e. The molecule has 5 nitrogen and oxygen atoms in total. The van der Waals surface area contributed by atoms with Crippen molar-refractivity contribution in [1.29, 1.82) is 0 Å². The lowest BCUT2D eigenvalue weighted by Crippen LogP contribution is -2.35. The number of nitrogens with two attached hydrogens (primary N) is 1. The first-order chi connectivity index (χ1) is 7.65. The molecule has 1 aromatic rings. The Labute approximate surface area is 95.8 Å². The first-order valence-corrected chi connectivity index (χ1v) is 5.98. The maximum absolute atomic E-state index is 5.65. The number of nitrogens with one attached hydrogen (secondary N) is 1. The zero-order chi connectivity index (χ0) is 11.6. The third-order valence-corrected chi connectivity index (χ3v) is 3.61. The van der Waals surface area contributed by atoms with Crippen molar-refractivity contribution < 1.29 is 4.42 Å². The standard InChI is InChI=1S/C11H20N4O/c1-3-11(5-4-6-11)7-13-10-15-14-9(16-10)8(2)12/h8H,3-7,12H2,1-2H3,(H,13,15). The van der Waals surface area contributed by atoms with Gasteiger partial charge in [-0.1, -0.05) is 18.4 Å². The molecule has 1 aliphatic carbocycles. The van der Waals surface area contributed by atoms with E-state index in [-0.39, 0.29) is 6.04 Å². The Morgan fingerprint density at radius 3 is 2.69 bits per heavy atom. The van der Waals surface area contributed by atoms with Crippen LogP contribution in [0.3, 0.4) is 0 Å². The summed E-state index contributed by atoms with van der Waals surface area (Å²) in [6.07, 6.45) is 5.13. The van der Waals surface area contributed by atoms with E-state index < -0.39 is 0 Å². The van der Waals surface area contributed by atoms with E-state index in [0.717, 1.165) is 6.54 Å². The largest absolute Gasteiger partial charge is 0.406 e. The topological polar surface area (TPSA) is 77.0 Å². The Morgan fingerprint density at radius 1 is 1.50 bits per heavy atom. The van der Waals surface area contributed by atoms with E-state index in [1.54, 1.807) is 0 Å². The maximum atomic E-state index is 5.65. The van der Waals surface area contributed by atoms with Gasteiger partial charge in [0.25, 0.3) is 0 Å². The molecule has 0 saturated heterocycles. The van der Waals surface area contributed by atoms with Gasteiger partial charge in [-0.3, -0.25) is 0 Å². The van der Waals surface area contributed by atoms with Crippen molar-refractivity contribution >= 4 is 6.01 Å². The Balaban J connectivity index is 1.89. The first-order valence-electron chi connectivity index (χ1n) is 5.98. The second-order valence-corrected chi connectivity index (χ2v) is 4.79. The SMILES string of the molecule is CCC1(CNc2nnc(C(C)N)o2)CCC1. The molecule has 1 saturated carbocycles. The zero-order valence-electron chi connectivity index (χ0n) is 9.99. The summed E-state index contributed by atoms with van der Waals surface area (Å²) >= 11 is 0. The highest BCUT2D eigenvalue weighted by Crippen LogP contribution is 2.43. The fourth-order valence-corrected chi connectivity index (χ4v) is 2.09. The first kappa shape index (κ1) is 11.4. The van der Waals surface area contributed by atoms with E-state index in [0.29, 0.717) is 17.3 Å². The molecule has 1 atom stereocenters. The van der Waals surface area contributed by atoms with Gasteiger partial charge in [-0.05, 0) is 31.6 Å². The second-order valence-electron chi connectivity index (χ2n) is 4.79. The van der Waals surface area contributed by atoms with Crippen LogP contribution in [0.5, 0.6) is 0 Å². The summed E-state index contributed by atoms with van der Waals surface area (Å²) in [5.74, 6) is 0.488. The van der Waals surface area contributed by atoms with Crippen LogP contribution >= 0.6 is 0 Å². The second kappa shape index (κ2) is 4.41. The van der Waals surface area contributed by atoms with E-state index in [9.17, 15) is 0 Å². The molecule has 0 bridgehead atoms. The summed E-state index contributed by atoms with van der Waals surface area (Å²) < 4.78 is 5.40. The Bertz CT molecular complexity index is 338. The van der Waals surface area contributed by atoms with Crippen LogP contribution in [0.2, 0.25) is 0 Å². The number of rotatable bonds is 5. The predicted molar refractivity (Wildman–Crippen MR) is 62.0 cm³/mol. The zero-order valence-corrected chi connectivity index (χ0v) is 9.99. The normalized spacial score (nSPS) is 20.2. The number of aromatic nitrogens is 2. The van der Waals surface area contributed by atoms with E-state index in [1.165, 1.54) is 25.7 Å². The minimum Gasteiger partial charge on any atom is -0.406 e. The summed E-state index contributed by atoms with van der Waals surface area (Å²) in [6, 6.07) is 0.291. The number of nitrogens with zero attached hydrogens (tertiary/aromatic N) is 2. The minimum atomic E-state index is -0.202. The Hall–Kier alpha value is -1.10. The van der Waals surface area contributed by atoms with Crippen molar-refractivity contribution in [2.45, 2.75) is 45.6 Å². The van der Waals surface area contributed by atoms with Gasteiger partial charge in [0, 0.05) is 6.54 Å². The molecule has 1 fully saturated rings. The Morgan fingerprint density at radius 2 is 2.25 bits per heavy atom. The van der Waals surface area contributed by atoms with E-state index in [4.69, 9.17) is 10.2 Å². The third-order valence-electron chi connectivity index (χ3n) is 3.61. The summed E-state index contributed by atoms with van der Waals surface area (Å²) in [5.41, 5.74) is 6.10. The molecule has 1 aromatic heterocycles. The van der Waals surface area contributed by atoms with Gasteiger partial charge in [-0.25, -0.2) is 0 Å². The van der Waals surface area contributed by atoms with Gasteiger partial charge in [-0.15, -0.1) is 5.10 Å². The number of hydrogen-bond acceptors (Lipinski definition) is 5. The van der Waals surface area contributed by atoms with Crippen LogP contribution in [0.15, 0.2) is 4.42 Å². The van der Waals surface area contributed by atoms with E-state index in [1.807, 2.05) is 6.92 Å². The molecule has 0 aliphatic heterocycles. The van der Waals surface area contributed by atoms with Crippen LogP contribution in [0.1, 0.15) is 51.5 Å². The summed E-state index contributed by atoms with van der Waals surface area (Å²) in [5, 5.41) is 11.0. The third kappa shape index (κ3) is 2.19. The minimum absolute atomic E-state index is 0.202.